The number of nitrogens with one attached hydrogen (secondary N) is 1. The largest absolute Gasteiger partial charge is 0.381 e. The molecule has 55 heavy (non-hydrogen) atoms. The molecule has 9 rings (SSSR count). The van der Waals surface area contributed by atoms with E-state index in [-0.39, 0.29) is 35.0 Å². The van der Waals surface area contributed by atoms with Crippen molar-refractivity contribution in [1.82, 2.24) is 4.98 Å². The molecule has 5 heterocycles. The molecule has 276 valence electrons. The van der Waals surface area contributed by atoms with Gasteiger partial charge < -0.3 is 19.9 Å². The Bertz CT molecular complexity index is 2470. The molecule has 0 aliphatic carbocycles. The number of pyridine rings is 1. The van der Waals surface area contributed by atoms with Crippen LogP contribution in [0.2, 0.25) is 0 Å². The number of rotatable bonds is 7. The predicted octanol–water partition coefficient (Wildman–Crippen LogP) is 8.74. The van der Waals surface area contributed by atoms with Crippen LogP contribution < -0.4 is 15.1 Å². The van der Waals surface area contributed by atoms with E-state index in [1.807, 2.05) is 54.6 Å². The van der Waals surface area contributed by atoms with Gasteiger partial charge in [-0.3, -0.25) is 14.4 Å². The van der Waals surface area contributed by atoms with Crippen LogP contribution >= 0.6 is 11.3 Å². The van der Waals surface area contributed by atoms with Gasteiger partial charge in [0, 0.05) is 77.3 Å². The van der Waals surface area contributed by atoms with Gasteiger partial charge in [-0.2, -0.15) is 0 Å². The number of amides is 2. The van der Waals surface area contributed by atoms with Gasteiger partial charge in [0.1, 0.15) is 17.5 Å². The topological polar surface area (TPSA) is 91.8 Å². The van der Waals surface area contributed by atoms with Crippen molar-refractivity contribution in [3.05, 3.63) is 142 Å². The zero-order valence-electron chi connectivity index (χ0n) is 29.8. The minimum Gasteiger partial charge on any atom is -0.381 e. The molecule has 2 amide bonds. The Morgan fingerprint density at radius 3 is 2.36 bits per heavy atom. The fraction of sp³-hybridized carbons (Fsp3) is 0.227. The van der Waals surface area contributed by atoms with Gasteiger partial charge >= 0.3 is 0 Å². The van der Waals surface area contributed by atoms with Gasteiger partial charge in [0.05, 0.1) is 21.6 Å². The molecule has 2 fully saturated rings. The second-order valence-corrected chi connectivity index (χ2v) is 15.6. The van der Waals surface area contributed by atoms with Crippen LogP contribution in [0.4, 0.5) is 26.0 Å². The number of benzene rings is 4. The van der Waals surface area contributed by atoms with Gasteiger partial charge in [-0.1, -0.05) is 42.5 Å². The fourth-order valence-corrected chi connectivity index (χ4v) is 9.17. The van der Waals surface area contributed by atoms with Gasteiger partial charge in [-0.05, 0) is 85.5 Å². The smallest absolute Gasteiger partial charge is 0.259 e. The summed E-state index contributed by atoms with van der Waals surface area (Å²) in [5.74, 6) is -1.66. The fourth-order valence-electron chi connectivity index (χ4n) is 7.99. The standard InChI is InChI=1S/C44H36F2N4O4S/c45-34-8-5-9-35(46)32(34)24-38(51)39-23-29-16-19-50(37-11-4-2-7-31(37)40(29)55-39)43(53)27-12-14-30(15-13-27)47-42(52)33-22-28-6-1-3-10-36(28)48-41(33)49-25-44(26-49)17-20-54-21-18-44/h1-15,22-23H,16-21,24-26H2,(H,47,52). The molecule has 0 atom stereocenters. The van der Waals surface area contributed by atoms with E-state index in [1.165, 1.54) is 17.4 Å². The van der Waals surface area contributed by atoms with E-state index in [9.17, 15) is 23.2 Å². The highest BCUT2D eigenvalue weighted by molar-refractivity contribution is 7.17. The lowest BCUT2D eigenvalue weighted by atomic mass is 9.73. The lowest BCUT2D eigenvalue weighted by Crippen LogP contribution is -2.59. The van der Waals surface area contributed by atoms with E-state index in [2.05, 4.69) is 10.2 Å². The number of halogens is 2. The minimum atomic E-state index is -0.747. The average Bonchev–Trinajstić information content (AvgIpc) is 3.56. The Balaban J connectivity index is 0.927. The molecule has 1 spiro atoms. The summed E-state index contributed by atoms with van der Waals surface area (Å²) in [4.78, 5) is 51.3. The molecule has 1 N–H and O–H groups in total. The van der Waals surface area contributed by atoms with Crippen LogP contribution in [-0.4, -0.2) is 55.4 Å². The van der Waals surface area contributed by atoms with Crippen molar-refractivity contribution in [2.75, 3.05) is 48.0 Å². The van der Waals surface area contributed by atoms with E-state index in [1.54, 1.807) is 35.2 Å². The van der Waals surface area contributed by atoms with Crippen LogP contribution in [0.25, 0.3) is 21.3 Å². The zero-order chi connectivity index (χ0) is 37.7. The summed E-state index contributed by atoms with van der Waals surface area (Å²) < 4.78 is 34.2. The summed E-state index contributed by atoms with van der Waals surface area (Å²) in [6, 6.07) is 29.5. The lowest BCUT2D eigenvalue weighted by molar-refractivity contribution is -0.000492. The number of hydrogen-bond donors (Lipinski definition) is 1. The lowest BCUT2D eigenvalue weighted by Gasteiger charge is -2.53. The first kappa shape index (κ1) is 35.0. The minimum absolute atomic E-state index is 0.201. The van der Waals surface area contributed by atoms with Gasteiger partial charge in [0.15, 0.2) is 5.78 Å². The molecule has 11 heteroatoms. The number of nitrogens with zero attached hydrogens (tertiary/aromatic N) is 3. The van der Waals surface area contributed by atoms with Crippen LogP contribution in [0.1, 0.15) is 54.4 Å². The average molecular weight is 755 g/mol. The molecule has 8 nitrogen and oxygen atoms in total. The number of thiophene rings is 1. The summed E-state index contributed by atoms with van der Waals surface area (Å²) >= 11 is 1.27. The van der Waals surface area contributed by atoms with E-state index in [0.717, 1.165) is 78.2 Å². The number of aromatic nitrogens is 1. The Labute approximate surface area is 320 Å². The monoisotopic (exact) mass is 754 g/mol. The Kier molecular flexibility index (Phi) is 8.98. The molecule has 3 aliphatic heterocycles. The third-order valence-corrected chi connectivity index (χ3v) is 12.3. The molecule has 3 aliphatic rings. The number of ketones is 1. The van der Waals surface area contributed by atoms with Crippen molar-refractivity contribution >= 4 is 57.0 Å². The summed E-state index contributed by atoms with van der Waals surface area (Å²) in [5.41, 5.74) is 4.70. The summed E-state index contributed by atoms with van der Waals surface area (Å²) in [5, 5.41) is 3.92. The number of para-hydroxylation sites is 2. The number of ether oxygens (including phenoxy) is 1. The van der Waals surface area contributed by atoms with Gasteiger partial charge in [-0.25, -0.2) is 13.8 Å². The van der Waals surface area contributed by atoms with Gasteiger partial charge in [-0.15, -0.1) is 11.3 Å². The first-order valence-corrected chi connectivity index (χ1v) is 19.2. The van der Waals surface area contributed by atoms with Crippen molar-refractivity contribution in [2.45, 2.75) is 25.7 Å². The third-order valence-electron chi connectivity index (χ3n) is 11.0. The highest BCUT2D eigenvalue weighted by Gasteiger charge is 2.45. The SMILES string of the molecule is O=C(Cc1c(F)cccc1F)c1cc2c(s1)-c1ccccc1N(C(=O)c1ccc(NC(=O)c3cc4ccccc4nc3N3CC4(CCOCC4)C3)cc1)CC2. The normalized spacial score (nSPS) is 15.9. The second-order valence-electron chi connectivity index (χ2n) is 14.5. The quantitative estimate of drug-likeness (QED) is 0.164. The molecular formula is C44H36F2N4O4S. The van der Waals surface area contributed by atoms with Crippen LogP contribution in [0, 0.1) is 17.0 Å². The maximum atomic E-state index is 14.3. The molecule has 4 aromatic carbocycles. The van der Waals surface area contributed by atoms with E-state index in [0.29, 0.717) is 46.2 Å². The molecule has 0 bridgehead atoms. The number of anilines is 3. The molecule has 0 saturated carbocycles. The molecule has 0 radical (unpaired) electrons. The first-order chi connectivity index (χ1) is 26.7. The van der Waals surface area contributed by atoms with Crippen LogP contribution in [-0.2, 0) is 17.6 Å². The van der Waals surface area contributed by atoms with Crippen LogP contribution in [0.3, 0.4) is 0 Å². The predicted molar refractivity (Wildman–Crippen MR) is 210 cm³/mol. The third kappa shape index (κ3) is 6.57. The Morgan fingerprint density at radius 1 is 0.855 bits per heavy atom. The number of carbonyl (C=O) groups is 3. The van der Waals surface area contributed by atoms with E-state index < -0.39 is 11.6 Å². The maximum absolute atomic E-state index is 14.3. The number of Topliss-reactive ketones (excluding diaryl/α,β-unsaturated/α-hetero) is 1. The highest BCUT2D eigenvalue weighted by Crippen LogP contribution is 2.44. The van der Waals surface area contributed by atoms with Gasteiger partial charge in [0.2, 0.25) is 0 Å². The number of fused-ring (bicyclic) bond motifs is 4. The summed E-state index contributed by atoms with van der Waals surface area (Å²) in [6.45, 7) is 3.55. The Morgan fingerprint density at radius 2 is 1.58 bits per heavy atom. The molecule has 2 saturated heterocycles. The van der Waals surface area contributed by atoms with Crippen molar-refractivity contribution in [1.29, 1.82) is 0 Å². The Hall–Kier alpha value is -5.78. The number of hydrogen-bond acceptors (Lipinski definition) is 7. The molecular weight excluding hydrogens is 719 g/mol. The summed E-state index contributed by atoms with van der Waals surface area (Å²) in [6.07, 6.45) is 2.11. The van der Waals surface area contributed by atoms with Crippen LogP contribution in [0.15, 0.2) is 103 Å². The molecule has 2 aromatic heterocycles. The van der Waals surface area contributed by atoms with Gasteiger partial charge in [0.25, 0.3) is 11.8 Å². The number of carbonyl (C=O) groups excluding carboxylic acids is 3. The maximum Gasteiger partial charge on any atom is 0.259 e. The van der Waals surface area contributed by atoms with Crippen molar-refractivity contribution in [3.8, 4) is 10.4 Å². The zero-order valence-corrected chi connectivity index (χ0v) is 30.6. The van der Waals surface area contributed by atoms with Crippen molar-refractivity contribution in [3.63, 3.8) is 0 Å². The second kappa shape index (κ2) is 14.1. The van der Waals surface area contributed by atoms with Crippen molar-refractivity contribution in [2.24, 2.45) is 5.41 Å². The van der Waals surface area contributed by atoms with Crippen LogP contribution in [0.5, 0.6) is 0 Å². The molecule has 6 aromatic rings. The first-order valence-electron chi connectivity index (χ1n) is 18.4. The van der Waals surface area contributed by atoms with E-state index in [4.69, 9.17) is 9.72 Å². The molecule has 0 unspecified atom stereocenters. The highest BCUT2D eigenvalue weighted by atomic mass is 32.1. The van der Waals surface area contributed by atoms with Crippen molar-refractivity contribution < 1.29 is 27.9 Å². The summed E-state index contributed by atoms with van der Waals surface area (Å²) in [7, 11) is 0. The van der Waals surface area contributed by atoms with E-state index >= 15 is 0 Å².